The molecule has 0 unspecified atom stereocenters. The Labute approximate surface area is 100 Å². The van der Waals surface area contributed by atoms with Gasteiger partial charge in [0.2, 0.25) is 0 Å². The van der Waals surface area contributed by atoms with Crippen molar-refractivity contribution >= 4 is 16.9 Å². The standard InChI is InChI=1S/C14H15NO2/c1-9-10(2)15-13-6-4-3-5-12(13)11(9)7-8-14(16)17/h3-6H,7-8H2,1-2H3,(H,16,17). The molecule has 88 valence electrons. The summed E-state index contributed by atoms with van der Waals surface area (Å²) in [6.07, 6.45) is 0.722. The Kier molecular flexibility index (Phi) is 3.09. The first-order chi connectivity index (χ1) is 8.09. The molecule has 17 heavy (non-hydrogen) atoms. The number of hydrogen-bond acceptors (Lipinski definition) is 2. The monoisotopic (exact) mass is 229 g/mol. The number of aromatic nitrogens is 1. The summed E-state index contributed by atoms with van der Waals surface area (Å²) in [7, 11) is 0. The maximum Gasteiger partial charge on any atom is 0.303 e. The highest BCUT2D eigenvalue weighted by atomic mass is 16.4. The summed E-state index contributed by atoms with van der Waals surface area (Å²) in [5.74, 6) is -0.761. The summed E-state index contributed by atoms with van der Waals surface area (Å²) < 4.78 is 0. The lowest BCUT2D eigenvalue weighted by Gasteiger charge is -2.11. The number of benzene rings is 1. The normalized spacial score (nSPS) is 10.7. The van der Waals surface area contributed by atoms with Gasteiger partial charge in [0, 0.05) is 17.5 Å². The zero-order valence-electron chi connectivity index (χ0n) is 10.0. The van der Waals surface area contributed by atoms with Gasteiger partial charge in [-0.2, -0.15) is 0 Å². The lowest BCUT2D eigenvalue weighted by atomic mass is 9.98. The second kappa shape index (κ2) is 4.53. The fourth-order valence-corrected chi connectivity index (χ4v) is 2.07. The molecule has 0 aliphatic rings. The van der Waals surface area contributed by atoms with Gasteiger partial charge in [0.15, 0.2) is 0 Å². The maximum absolute atomic E-state index is 10.7. The van der Waals surface area contributed by atoms with Crippen molar-refractivity contribution < 1.29 is 9.90 Å². The molecule has 1 aromatic heterocycles. The first-order valence-corrected chi connectivity index (χ1v) is 5.66. The summed E-state index contributed by atoms with van der Waals surface area (Å²) in [6.45, 7) is 3.97. The number of rotatable bonds is 3. The van der Waals surface area contributed by atoms with Crippen LogP contribution >= 0.6 is 0 Å². The van der Waals surface area contributed by atoms with E-state index in [0.29, 0.717) is 6.42 Å². The summed E-state index contributed by atoms with van der Waals surface area (Å²) in [4.78, 5) is 15.2. The van der Waals surface area contributed by atoms with Crippen LogP contribution in [-0.4, -0.2) is 16.1 Å². The minimum atomic E-state index is -0.761. The van der Waals surface area contributed by atoms with Crippen LogP contribution in [0.1, 0.15) is 23.2 Å². The van der Waals surface area contributed by atoms with Crippen molar-refractivity contribution in [3.63, 3.8) is 0 Å². The lowest BCUT2D eigenvalue weighted by Crippen LogP contribution is -2.02. The highest BCUT2D eigenvalue weighted by Crippen LogP contribution is 2.23. The summed E-state index contributed by atoms with van der Waals surface area (Å²) in [5, 5.41) is 9.86. The highest BCUT2D eigenvalue weighted by molar-refractivity contribution is 5.84. The lowest BCUT2D eigenvalue weighted by molar-refractivity contribution is -0.136. The molecule has 0 aliphatic carbocycles. The predicted molar refractivity (Wildman–Crippen MR) is 67.2 cm³/mol. The Hall–Kier alpha value is -1.90. The molecule has 0 saturated carbocycles. The molecule has 0 atom stereocenters. The van der Waals surface area contributed by atoms with Crippen LogP contribution in [0.5, 0.6) is 0 Å². The molecule has 1 N–H and O–H groups in total. The van der Waals surface area contributed by atoms with Crippen molar-refractivity contribution in [2.75, 3.05) is 0 Å². The van der Waals surface area contributed by atoms with Gasteiger partial charge >= 0.3 is 5.97 Å². The molecule has 3 nitrogen and oxygen atoms in total. The van der Waals surface area contributed by atoms with Crippen LogP contribution in [0.2, 0.25) is 0 Å². The van der Waals surface area contributed by atoms with Gasteiger partial charge in [-0.1, -0.05) is 18.2 Å². The number of fused-ring (bicyclic) bond motifs is 1. The molecule has 0 spiro atoms. The van der Waals surface area contributed by atoms with E-state index in [1.165, 1.54) is 0 Å². The summed E-state index contributed by atoms with van der Waals surface area (Å²) in [6, 6.07) is 7.88. The van der Waals surface area contributed by atoms with Gasteiger partial charge < -0.3 is 5.11 Å². The van der Waals surface area contributed by atoms with Crippen molar-refractivity contribution in [1.82, 2.24) is 4.98 Å². The Balaban J connectivity index is 2.57. The van der Waals surface area contributed by atoms with Crippen LogP contribution in [-0.2, 0) is 11.2 Å². The Morgan fingerprint density at radius 2 is 2.00 bits per heavy atom. The van der Waals surface area contributed by atoms with Gasteiger partial charge in [0.25, 0.3) is 0 Å². The molecule has 2 aromatic rings. The van der Waals surface area contributed by atoms with E-state index >= 15 is 0 Å². The quantitative estimate of drug-likeness (QED) is 0.880. The van der Waals surface area contributed by atoms with Crippen molar-refractivity contribution in [3.8, 4) is 0 Å². The molecule has 1 heterocycles. The van der Waals surface area contributed by atoms with Crippen molar-refractivity contribution in [2.45, 2.75) is 26.7 Å². The van der Waals surface area contributed by atoms with Crippen LogP contribution < -0.4 is 0 Å². The second-order valence-electron chi connectivity index (χ2n) is 4.21. The van der Waals surface area contributed by atoms with Gasteiger partial charge in [-0.15, -0.1) is 0 Å². The summed E-state index contributed by atoms with van der Waals surface area (Å²) >= 11 is 0. The molecule has 0 bridgehead atoms. The van der Waals surface area contributed by atoms with Crippen molar-refractivity contribution in [2.24, 2.45) is 0 Å². The number of carbonyl (C=O) groups is 1. The predicted octanol–water partition coefficient (Wildman–Crippen LogP) is 2.87. The first kappa shape index (κ1) is 11.6. The van der Waals surface area contributed by atoms with Gasteiger partial charge in [-0.3, -0.25) is 9.78 Å². The topological polar surface area (TPSA) is 50.2 Å². The van der Waals surface area contributed by atoms with Crippen LogP contribution in [0.15, 0.2) is 24.3 Å². The van der Waals surface area contributed by atoms with E-state index in [-0.39, 0.29) is 6.42 Å². The zero-order chi connectivity index (χ0) is 12.4. The number of carboxylic acids is 1. The zero-order valence-corrected chi connectivity index (χ0v) is 10.0. The highest BCUT2D eigenvalue weighted by Gasteiger charge is 2.10. The van der Waals surface area contributed by atoms with E-state index in [1.54, 1.807) is 0 Å². The molecule has 0 saturated heterocycles. The van der Waals surface area contributed by atoms with E-state index in [9.17, 15) is 4.79 Å². The first-order valence-electron chi connectivity index (χ1n) is 5.66. The van der Waals surface area contributed by atoms with E-state index in [0.717, 1.165) is 27.7 Å². The van der Waals surface area contributed by atoms with Crippen LogP contribution in [0.3, 0.4) is 0 Å². The molecule has 0 amide bonds. The minimum Gasteiger partial charge on any atom is -0.481 e. The molecule has 1 aromatic carbocycles. The molecule has 0 aliphatic heterocycles. The van der Waals surface area contributed by atoms with Crippen LogP contribution in [0.25, 0.3) is 10.9 Å². The Morgan fingerprint density at radius 1 is 1.29 bits per heavy atom. The third-order valence-corrected chi connectivity index (χ3v) is 3.10. The number of nitrogens with zero attached hydrogens (tertiary/aromatic N) is 1. The molecule has 3 heteroatoms. The third kappa shape index (κ3) is 2.28. The Morgan fingerprint density at radius 3 is 2.71 bits per heavy atom. The van der Waals surface area contributed by atoms with E-state index in [4.69, 9.17) is 5.11 Å². The number of hydrogen-bond donors (Lipinski definition) is 1. The van der Waals surface area contributed by atoms with Crippen molar-refractivity contribution in [1.29, 1.82) is 0 Å². The largest absolute Gasteiger partial charge is 0.481 e. The van der Waals surface area contributed by atoms with Crippen LogP contribution in [0.4, 0.5) is 0 Å². The fourth-order valence-electron chi connectivity index (χ4n) is 2.07. The van der Waals surface area contributed by atoms with E-state index in [2.05, 4.69) is 4.98 Å². The average Bonchev–Trinajstić information content (AvgIpc) is 2.29. The maximum atomic E-state index is 10.7. The number of aryl methyl sites for hydroxylation is 2. The molecule has 0 radical (unpaired) electrons. The molecular weight excluding hydrogens is 214 g/mol. The average molecular weight is 229 g/mol. The molecule has 2 rings (SSSR count). The second-order valence-corrected chi connectivity index (χ2v) is 4.21. The van der Waals surface area contributed by atoms with Gasteiger partial charge in [0.1, 0.15) is 0 Å². The molecule has 0 fully saturated rings. The minimum absolute atomic E-state index is 0.161. The van der Waals surface area contributed by atoms with E-state index < -0.39 is 5.97 Å². The number of pyridine rings is 1. The smallest absolute Gasteiger partial charge is 0.303 e. The number of aliphatic carboxylic acids is 1. The fraction of sp³-hybridized carbons (Fsp3) is 0.286. The number of carboxylic acid groups (broad SMARTS) is 1. The van der Waals surface area contributed by atoms with Crippen molar-refractivity contribution in [3.05, 3.63) is 41.1 Å². The third-order valence-electron chi connectivity index (χ3n) is 3.10. The van der Waals surface area contributed by atoms with E-state index in [1.807, 2.05) is 38.1 Å². The molecular formula is C14H15NO2. The Bertz CT molecular complexity index is 576. The summed E-state index contributed by atoms with van der Waals surface area (Å²) in [5.41, 5.74) is 4.13. The van der Waals surface area contributed by atoms with Crippen LogP contribution in [0, 0.1) is 13.8 Å². The number of para-hydroxylation sites is 1. The SMILES string of the molecule is Cc1nc2ccccc2c(CCC(=O)O)c1C. The van der Waals surface area contributed by atoms with Gasteiger partial charge in [-0.25, -0.2) is 0 Å². The van der Waals surface area contributed by atoms with Gasteiger partial charge in [0.05, 0.1) is 5.52 Å². The van der Waals surface area contributed by atoms with Gasteiger partial charge in [-0.05, 0) is 37.5 Å².